The number of nitrogens with zero attached hydrogens (tertiary/aromatic N) is 2. The molecule has 0 saturated carbocycles. The summed E-state index contributed by atoms with van der Waals surface area (Å²) in [7, 11) is 0. The Bertz CT molecular complexity index is 1050. The number of halogens is 3. The van der Waals surface area contributed by atoms with Crippen LogP contribution in [0.5, 0.6) is 0 Å². The number of carbonyl (C=O) groups excluding carboxylic acids is 2. The summed E-state index contributed by atoms with van der Waals surface area (Å²) in [5.41, 5.74) is -3.22. The molecule has 1 spiro atoms. The summed E-state index contributed by atoms with van der Waals surface area (Å²) in [5.74, 6) is -1.49. The Balaban J connectivity index is 1.57. The van der Waals surface area contributed by atoms with Gasteiger partial charge >= 0.3 is 6.18 Å². The molecule has 4 fully saturated rings. The Labute approximate surface area is 182 Å². The maximum Gasteiger partial charge on any atom is 0.417 e. The molecule has 5 rings (SSSR count). The highest BCUT2D eigenvalue weighted by atomic mass is 19.4. The fourth-order valence-electron chi connectivity index (χ4n) is 6.20. The van der Waals surface area contributed by atoms with E-state index in [2.05, 4.69) is 5.32 Å². The van der Waals surface area contributed by atoms with Crippen molar-refractivity contribution in [2.45, 2.75) is 62.8 Å². The standard InChI is InChI=1S/C22H22F3N3O4/c1-3-15(29)27-14-9-20(2)16-17-19(31-7-6-21(14,17)32-20)28(18(16)30)12-5-4-11(10-26)13(8-12)22(23,24)25/h4-5,8,14,16-17,19H,3,6-7,9H2,1-2H3,(H,27,29)/t14-,16-,17+,19+,20-,21+/m1/s1. The molecule has 32 heavy (non-hydrogen) atoms. The summed E-state index contributed by atoms with van der Waals surface area (Å²) < 4.78 is 53.0. The predicted octanol–water partition coefficient (Wildman–Crippen LogP) is 2.73. The zero-order valence-electron chi connectivity index (χ0n) is 17.5. The lowest BCUT2D eigenvalue weighted by molar-refractivity contribution is -0.148. The smallest absolute Gasteiger partial charge is 0.365 e. The SMILES string of the molecule is CCC(=O)N[C@@H]1C[C@@]2(C)O[C@@]13CCO[C@H]1[C@@H]3[C@@H]2C(=O)N1c1ccc(C#N)c(C(F)(F)F)c1. The molecule has 2 bridgehead atoms. The number of anilines is 1. The second-order valence-corrected chi connectivity index (χ2v) is 9.11. The molecule has 170 valence electrons. The van der Waals surface area contributed by atoms with Gasteiger partial charge in [-0.15, -0.1) is 0 Å². The van der Waals surface area contributed by atoms with Crippen molar-refractivity contribution < 1.29 is 32.2 Å². The van der Waals surface area contributed by atoms with E-state index in [1.54, 1.807) is 13.0 Å². The van der Waals surface area contributed by atoms with Crippen LogP contribution in [0.1, 0.15) is 44.2 Å². The highest BCUT2D eigenvalue weighted by Crippen LogP contribution is 2.65. The number of hydrogen-bond donors (Lipinski definition) is 1. The maximum absolute atomic E-state index is 13.6. The number of carbonyl (C=O) groups is 2. The molecular formula is C22H22F3N3O4. The van der Waals surface area contributed by atoms with Crippen molar-refractivity contribution in [3.8, 4) is 6.07 Å². The average Bonchev–Trinajstić information content (AvgIpc) is 3.30. The quantitative estimate of drug-likeness (QED) is 0.766. The third-order valence-corrected chi connectivity index (χ3v) is 7.41. The van der Waals surface area contributed by atoms with Gasteiger partial charge in [-0.05, 0) is 31.5 Å². The molecule has 4 heterocycles. The number of alkyl halides is 3. The van der Waals surface area contributed by atoms with Gasteiger partial charge in [0.15, 0.2) is 0 Å². The van der Waals surface area contributed by atoms with Crippen molar-refractivity contribution in [2.24, 2.45) is 11.8 Å². The molecule has 4 aliphatic heterocycles. The number of ether oxygens (including phenoxy) is 2. The van der Waals surface area contributed by atoms with Crippen LogP contribution in [-0.4, -0.2) is 41.9 Å². The van der Waals surface area contributed by atoms with E-state index in [9.17, 15) is 22.8 Å². The van der Waals surface area contributed by atoms with Crippen molar-refractivity contribution in [1.82, 2.24) is 5.32 Å². The third-order valence-electron chi connectivity index (χ3n) is 7.41. The molecule has 1 aromatic rings. The first kappa shape index (κ1) is 21.2. The summed E-state index contributed by atoms with van der Waals surface area (Å²) in [6.07, 6.45) is -4.30. The normalized spacial score (nSPS) is 37.4. The number of nitriles is 1. The van der Waals surface area contributed by atoms with Gasteiger partial charge in [0, 0.05) is 18.5 Å². The number of hydrogen-bond acceptors (Lipinski definition) is 5. The monoisotopic (exact) mass is 449 g/mol. The minimum absolute atomic E-state index is 0.0370. The first-order valence-electron chi connectivity index (χ1n) is 10.6. The largest absolute Gasteiger partial charge is 0.417 e. The van der Waals surface area contributed by atoms with Gasteiger partial charge in [-0.25, -0.2) is 0 Å². The van der Waals surface area contributed by atoms with Crippen molar-refractivity contribution in [3.63, 3.8) is 0 Å². The van der Waals surface area contributed by atoms with Crippen molar-refractivity contribution in [2.75, 3.05) is 11.5 Å². The number of benzene rings is 1. The lowest BCUT2D eigenvalue weighted by atomic mass is 9.64. The van der Waals surface area contributed by atoms with E-state index in [-0.39, 0.29) is 30.2 Å². The molecular weight excluding hydrogens is 427 g/mol. The first-order chi connectivity index (χ1) is 15.1. The van der Waals surface area contributed by atoms with Crippen LogP contribution in [0.3, 0.4) is 0 Å². The van der Waals surface area contributed by atoms with E-state index in [0.717, 1.165) is 12.1 Å². The van der Waals surface area contributed by atoms with Gasteiger partial charge in [-0.2, -0.15) is 18.4 Å². The lowest BCUT2D eigenvalue weighted by Gasteiger charge is -2.45. The fraction of sp³-hybridized carbons (Fsp3) is 0.591. The number of rotatable bonds is 3. The molecule has 6 atom stereocenters. The topological polar surface area (TPSA) is 91.7 Å². The molecule has 7 nitrogen and oxygen atoms in total. The maximum atomic E-state index is 13.6. The van der Waals surface area contributed by atoms with Gasteiger partial charge in [0.25, 0.3) is 0 Å². The minimum Gasteiger partial charge on any atom is -0.365 e. The van der Waals surface area contributed by atoms with Gasteiger partial charge in [0.2, 0.25) is 11.8 Å². The van der Waals surface area contributed by atoms with Gasteiger partial charge in [0.05, 0.1) is 52.9 Å². The first-order valence-corrected chi connectivity index (χ1v) is 10.6. The van der Waals surface area contributed by atoms with E-state index in [1.807, 2.05) is 6.92 Å². The Hall–Kier alpha value is -2.64. The van der Waals surface area contributed by atoms with E-state index in [1.165, 1.54) is 11.0 Å². The Morgan fingerprint density at radius 3 is 2.81 bits per heavy atom. The Kier molecular flexibility index (Phi) is 4.43. The van der Waals surface area contributed by atoms with Gasteiger partial charge in [-0.1, -0.05) is 6.92 Å². The van der Waals surface area contributed by atoms with E-state index in [0.29, 0.717) is 19.3 Å². The number of nitrogens with one attached hydrogen (secondary N) is 1. The summed E-state index contributed by atoms with van der Waals surface area (Å²) in [4.78, 5) is 27.0. The summed E-state index contributed by atoms with van der Waals surface area (Å²) in [6, 6.07) is 4.52. The van der Waals surface area contributed by atoms with Crippen LogP contribution in [0, 0.1) is 23.2 Å². The van der Waals surface area contributed by atoms with Gasteiger partial charge < -0.3 is 14.8 Å². The molecule has 0 radical (unpaired) electrons. The molecule has 0 unspecified atom stereocenters. The molecule has 10 heteroatoms. The van der Waals surface area contributed by atoms with Crippen molar-refractivity contribution in [1.29, 1.82) is 5.26 Å². The molecule has 0 aliphatic carbocycles. The van der Waals surface area contributed by atoms with E-state index in [4.69, 9.17) is 14.7 Å². The highest BCUT2D eigenvalue weighted by molar-refractivity contribution is 6.00. The van der Waals surface area contributed by atoms with Crippen molar-refractivity contribution >= 4 is 17.5 Å². The molecule has 0 aromatic heterocycles. The second-order valence-electron chi connectivity index (χ2n) is 9.11. The predicted molar refractivity (Wildman–Crippen MR) is 104 cm³/mol. The highest BCUT2D eigenvalue weighted by Gasteiger charge is 2.78. The van der Waals surface area contributed by atoms with Crippen LogP contribution < -0.4 is 10.2 Å². The van der Waals surface area contributed by atoms with Crippen LogP contribution >= 0.6 is 0 Å². The summed E-state index contributed by atoms with van der Waals surface area (Å²) in [6.45, 7) is 3.82. The zero-order valence-corrected chi connectivity index (χ0v) is 17.5. The average molecular weight is 449 g/mol. The van der Waals surface area contributed by atoms with Crippen LogP contribution in [0.4, 0.5) is 18.9 Å². The zero-order chi connectivity index (χ0) is 23.1. The van der Waals surface area contributed by atoms with Crippen LogP contribution in [0.15, 0.2) is 18.2 Å². The summed E-state index contributed by atoms with van der Waals surface area (Å²) in [5, 5.41) is 12.1. The van der Waals surface area contributed by atoms with Gasteiger partial charge in [-0.3, -0.25) is 14.5 Å². The summed E-state index contributed by atoms with van der Waals surface area (Å²) >= 11 is 0. The Morgan fingerprint density at radius 1 is 1.41 bits per heavy atom. The number of fused-ring (bicyclic) bond motifs is 2. The molecule has 1 N–H and O–H groups in total. The van der Waals surface area contributed by atoms with Crippen LogP contribution in [0.25, 0.3) is 0 Å². The lowest BCUT2D eigenvalue weighted by Crippen LogP contribution is -2.61. The fourth-order valence-corrected chi connectivity index (χ4v) is 6.20. The molecule has 4 saturated heterocycles. The van der Waals surface area contributed by atoms with Gasteiger partial charge in [0.1, 0.15) is 6.23 Å². The third kappa shape index (κ3) is 2.67. The molecule has 4 aliphatic rings. The Morgan fingerprint density at radius 2 is 2.16 bits per heavy atom. The molecule has 2 amide bonds. The van der Waals surface area contributed by atoms with Crippen molar-refractivity contribution in [3.05, 3.63) is 29.3 Å². The van der Waals surface area contributed by atoms with Crippen LogP contribution in [-0.2, 0) is 25.2 Å². The van der Waals surface area contributed by atoms with Crippen LogP contribution in [0.2, 0.25) is 0 Å². The number of amides is 2. The van der Waals surface area contributed by atoms with E-state index < -0.39 is 46.6 Å². The van der Waals surface area contributed by atoms with E-state index >= 15 is 0 Å². The second kappa shape index (κ2) is 6.68. The minimum atomic E-state index is -4.74. The molecule has 1 aromatic carbocycles.